The summed E-state index contributed by atoms with van der Waals surface area (Å²) in [6.45, 7) is 2.38. The maximum atomic E-state index is 13.3. The molecule has 0 aromatic heterocycles. The lowest BCUT2D eigenvalue weighted by Crippen LogP contribution is -2.51. The number of aliphatic carboxylic acids is 3. The van der Waals surface area contributed by atoms with Gasteiger partial charge in [-0.3, -0.25) is 14.4 Å². The van der Waals surface area contributed by atoms with E-state index in [-0.39, 0.29) is 37.1 Å². The summed E-state index contributed by atoms with van der Waals surface area (Å²) in [5.41, 5.74) is 0.901. The van der Waals surface area contributed by atoms with Crippen LogP contribution in [0.15, 0.2) is 42.5 Å². The Morgan fingerprint density at radius 2 is 1.39 bits per heavy atom. The maximum Gasteiger partial charge on any atom is 0.326 e. The lowest BCUT2D eigenvalue weighted by atomic mass is 9.82. The van der Waals surface area contributed by atoms with E-state index in [0.29, 0.717) is 25.2 Å². The average molecular weight is 641 g/mol. The molecule has 250 valence electrons. The normalized spacial score (nSPS) is 18.0. The summed E-state index contributed by atoms with van der Waals surface area (Å²) in [5, 5.41) is 39.7. The van der Waals surface area contributed by atoms with Gasteiger partial charge in [0.15, 0.2) is 0 Å². The zero-order valence-corrected chi connectivity index (χ0v) is 26.0. The molecule has 7 N–H and O–H groups in total. The second-order valence-electron chi connectivity index (χ2n) is 12.0. The van der Waals surface area contributed by atoms with E-state index in [1.165, 1.54) is 0 Å². The zero-order chi connectivity index (χ0) is 33.6. The minimum Gasteiger partial charge on any atom is -0.481 e. The lowest BCUT2D eigenvalue weighted by Gasteiger charge is -2.27. The van der Waals surface area contributed by atoms with Crippen molar-refractivity contribution in [1.29, 1.82) is 0 Å². The molecule has 0 saturated heterocycles. The highest BCUT2D eigenvalue weighted by Gasteiger charge is 2.29. The third-order valence-electron chi connectivity index (χ3n) is 8.35. The van der Waals surface area contributed by atoms with Gasteiger partial charge in [-0.15, -0.1) is 0 Å². The molecule has 2 aromatic carbocycles. The number of carbonyl (C=O) groups excluding carboxylic acids is 3. The number of rotatable bonds is 17. The van der Waals surface area contributed by atoms with Crippen LogP contribution in [-0.2, 0) is 30.4 Å². The summed E-state index contributed by atoms with van der Waals surface area (Å²) in [6.07, 6.45) is 3.65. The topological polar surface area (TPSA) is 211 Å². The van der Waals surface area contributed by atoms with Crippen LogP contribution >= 0.6 is 0 Å². The zero-order valence-electron chi connectivity index (χ0n) is 26.0. The van der Waals surface area contributed by atoms with Crippen molar-refractivity contribution in [3.05, 3.63) is 48.0 Å². The van der Waals surface area contributed by atoms with Gasteiger partial charge in [-0.05, 0) is 73.6 Å². The van der Waals surface area contributed by atoms with Crippen LogP contribution in [0.5, 0.6) is 0 Å². The van der Waals surface area contributed by atoms with Crippen molar-refractivity contribution >= 4 is 46.5 Å². The van der Waals surface area contributed by atoms with Crippen LogP contribution in [0.1, 0.15) is 70.3 Å². The Morgan fingerprint density at radius 3 is 2.02 bits per heavy atom. The number of carboxylic acids is 3. The Hall–Kier alpha value is -4.68. The predicted octanol–water partition coefficient (Wildman–Crippen LogP) is 3.05. The van der Waals surface area contributed by atoms with Gasteiger partial charge in [-0.25, -0.2) is 14.4 Å². The predicted molar refractivity (Wildman–Crippen MR) is 169 cm³/mol. The summed E-state index contributed by atoms with van der Waals surface area (Å²) in [5.74, 6) is -4.03. The van der Waals surface area contributed by atoms with Crippen LogP contribution in [0.3, 0.4) is 0 Å². The summed E-state index contributed by atoms with van der Waals surface area (Å²) < 4.78 is 0. The molecule has 3 rings (SSSR count). The molecule has 2 aromatic rings. The molecule has 0 heterocycles. The molecular weight excluding hydrogens is 596 g/mol. The van der Waals surface area contributed by atoms with Crippen molar-refractivity contribution < 1.29 is 44.1 Å². The first-order valence-corrected chi connectivity index (χ1v) is 15.7. The Balaban J connectivity index is 1.53. The Bertz CT molecular complexity index is 1390. The first-order valence-electron chi connectivity index (χ1n) is 15.7. The van der Waals surface area contributed by atoms with Crippen LogP contribution in [0.25, 0.3) is 10.8 Å². The Labute approximate surface area is 267 Å². The highest BCUT2D eigenvalue weighted by atomic mass is 16.4. The number of carbonyl (C=O) groups is 6. The molecule has 0 bridgehead atoms. The molecule has 3 atom stereocenters. The second-order valence-corrected chi connectivity index (χ2v) is 12.0. The lowest BCUT2D eigenvalue weighted by molar-refractivity contribution is -0.141. The quantitative estimate of drug-likeness (QED) is 0.126. The van der Waals surface area contributed by atoms with Crippen LogP contribution in [0, 0.1) is 11.8 Å². The summed E-state index contributed by atoms with van der Waals surface area (Å²) in [6, 6.07) is 9.14. The van der Waals surface area contributed by atoms with E-state index in [0.717, 1.165) is 42.0 Å². The molecule has 1 aliphatic carbocycles. The third kappa shape index (κ3) is 11.7. The number of fused-ring (bicyclic) bond motifs is 1. The molecule has 46 heavy (non-hydrogen) atoms. The first-order chi connectivity index (χ1) is 21.9. The number of hydrogen-bond acceptors (Lipinski definition) is 6. The van der Waals surface area contributed by atoms with E-state index in [9.17, 15) is 39.0 Å². The molecular formula is C33H44N4O9. The van der Waals surface area contributed by atoms with Crippen molar-refractivity contribution in [2.45, 2.75) is 89.3 Å². The number of benzene rings is 2. The molecule has 4 amide bonds. The van der Waals surface area contributed by atoms with E-state index in [2.05, 4.69) is 28.2 Å². The van der Waals surface area contributed by atoms with Crippen LogP contribution in [0.4, 0.5) is 4.79 Å². The van der Waals surface area contributed by atoms with Crippen molar-refractivity contribution in [2.24, 2.45) is 11.8 Å². The first kappa shape index (κ1) is 35.8. The van der Waals surface area contributed by atoms with Crippen LogP contribution in [0.2, 0.25) is 0 Å². The maximum absolute atomic E-state index is 13.3. The smallest absolute Gasteiger partial charge is 0.326 e. The molecule has 13 nitrogen and oxygen atoms in total. The van der Waals surface area contributed by atoms with Crippen LogP contribution < -0.4 is 21.3 Å². The van der Waals surface area contributed by atoms with E-state index in [4.69, 9.17) is 5.11 Å². The summed E-state index contributed by atoms with van der Waals surface area (Å²) >= 11 is 0. The van der Waals surface area contributed by atoms with Crippen molar-refractivity contribution in [2.75, 3.05) is 6.54 Å². The molecule has 0 spiro atoms. The molecule has 13 heteroatoms. The Morgan fingerprint density at radius 1 is 0.761 bits per heavy atom. The molecule has 0 aliphatic heterocycles. The molecule has 1 fully saturated rings. The van der Waals surface area contributed by atoms with Crippen LogP contribution in [-0.4, -0.2) is 75.7 Å². The van der Waals surface area contributed by atoms with Gasteiger partial charge < -0.3 is 36.6 Å². The number of unbranched alkanes of at least 4 members (excludes halogenated alkanes) is 1. The van der Waals surface area contributed by atoms with E-state index in [1.54, 1.807) is 0 Å². The highest BCUT2D eigenvalue weighted by molar-refractivity contribution is 5.89. The minimum atomic E-state index is -1.49. The minimum absolute atomic E-state index is 0.00282. The van der Waals surface area contributed by atoms with Gasteiger partial charge >= 0.3 is 23.9 Å². The fourth-order valence-electron chi connectivity index (χ4n) is 5.57. The number of amides is 4. The molecule has 1 aliphatic rings. The SMILES string of the molecule is CC1CCC(C(=O)N[C@@H](Cc2ccc3ccccc3c2)C(=O)NCCCC[C@H](NC(=O)N[C@@H](CCC(=O)O)C(=O)O)C(=O)O)CC1. The van der Waals surface area contributed by atoms with E-state index in [1.807, 2.05) is 42.5 Å². The standard InChI is InChI=1S/C33H44N4O9/c1-20-9-12-23(13-10-20)29(40)35-27(19-21-11-14-22-6-2-3-7-24(22)18-21)30(41)34-17-5-4-8-25(31(42)43)36-33(46)37-26(32(44)45)15-16-28(38)39/h2-3,6-7,11,14,18,20,23,25-27H,4-5,8-10,12-13,15-17,19H2,1H3,(H,34,41)(H,35,40)(H,38,39)(H,42,43)(H,44,45)(H2,36,37,46)/t20?,23?,25-,26-,27-/m0/s1. The number of hydrogen-bond donors (Lipinski definition) is 7. The van der Waals surface area contributed by atoms with Gasteiger partial charge in [0.05, 0.1) is 0 Å². The van der Waals surface area contributed by atoms with Crippen molar-refractivity contribution in [3.63, 3.8) is 0 Å². The van der Waals surface area contributed by atoms with Crippen molar-refractivity contribution in [1.82, 2.24) is 21.3 Å². The second kappa shape index (κ2) is 17.7. The van der Waals surface area contributed by atoms with E-state index >= 15 is 0 Å². The van der Waals surface area contributed by atoms with Gasteiger partial charge in [-0.2, -0.15) is 0 Å². The highest BCUT2D eigenvalue weighted by Crippen LogP contribution is 2.28. The van der Waals surface area contributed by atoms with Crippen molar-refractivity contribution in [3.8, 4) is 0 Å². The molecule has 1 saturated carbocycles. The monoisotopic (exact) mass is 640 g/mol. The van der Waals surface area contributed by atoms with Gasteiger partial charge in [0.1, 0.15) is 18.1 Å². The largest absolute Gasteiger partial charge is 0.481 e. The van der Waals surface area contributed by atoms with Gasteiger partial charge in [-0.1, -0.05) is 49.4 Å². The number of nitrogens with one attached hydrogen (secondary N) is 4. The summed E-state index contributed by atoms with van der Waals surface area (Å²) in [4.78, 5) is 72.4. The number of carboxylic acid groups (broad SMARTS) is 3. The fraction of sp³-hybridized carbons (Fsp3) is 0.515. The fourth-order valence-corrected chi connectivity index (χ4v) is 5.57. The van der Waals surface area contributed by atoms with Gasteiger partial charge in [0, 0.05) is 25.3 Å². The average Bonchev–Trinajstić information content (AvgIpc) is 3.01. The Kier molecular flexibility index (Phi) is 13.8. The summed E-state index contributed by atoms with van der Waals surface area (Å²) in [7, 11) is 0. The van der Waals surface area contributed by atoms with Gasteiger partial charge in [0.2, 0.25) is 11.8 Å². The van der Waals surface area contributed by atoms with Gasteiger partial charge in [0.25, 0.3) is 0 Å². The number of urea groups is 1. The third-order valence-corrected chi connectivity index (χ3v) is 8.35. The molecule has 0 radical (unpaired) electrons. The van der Waals surface area contributed by atoms with E-state index < -0.39 is 48.5 Å². The molecule has 0 unspecified atom stereocenters.